The molecule has 0 saturated heterocycles. The zero-order chi connectivity index (χ0) is 32.3. The summed E-state index contributed by atoms with van der Waals surface area (Å²) in [6.07, 6.45) is 8.52. The highest BCUT2D eigenvalue weighted by atomic mass is 16.3. The van der Waals surface area contributed by atoms with Crippen molar-refractivity contribution in [3.63, 3.8) is 0 Å². The fraction of sp³-hybridized carbons (Fsp3) is 0.0444. The normalized spacial score (nSPS) is 13.2. The van der Waals surface area contributed by atoms with E-state index in [1.807, 2.05) is 12.1 Å². The van der Waals surface area contributed by atoms with E-state index >= 15 is 0 Å². The maximum Gasteiger partial charge on any atom is 0.164 e. The molecule has 1 aliphatic carbocycles. The van der Waals surface area contributed by atoms with Crippen LogP contribution in [0.3, 0.4) is 0 Å². The minimum Gasteiger partial charge on any atom is -0.455 e. The van der Waals surface area contributed by atoms with Crippen LogP contribution in [0.15, 0.2) is 156 Å². The maximum absolute atomic E-state index is 6.78. The van der Waals surface area contributed by atoms with Gasteiger partial charge in [0.15, 0.2) is 17.5 Å². The van der Waals surface area contributed by atoms with Gasteiger partial charge in [0.1, 0.15) is 11.2 Å². The van der Waals surface area contributed by atoms with Gasteiger partial charge in [0, 0.05) is 33.0 Å². The van der Waals surface area contributed by atoms with E-state index in [9.17, 15) is 0 Å². The van der Waals surface area contributed by atoms with E-state index in [1.54, 1.807) is 0 Å². The first-order chi connectivity index (χ1) is 24.3. The van der Waals surface area contributed by atoms with Crippen molar-refractivity contribution in [2.24, 2.45) is 0 Å². The van der Waals surface area contributed by atoms with E-state index in [0.717, 1.165) is 68.0 Å². The molecule has 0 radical (unpaired) electrons. The standard InChI is InChI=1S/C45H29N3O/c1-2-13-29(14-3-1)43-46-44(32-25-24-28-12-4-5-15-30(28)26-32)48-45(47-43)38-22-11-23-40-41(38)37-21-10-20-36(42(37)49-40)39-27-31-16-6-7-17-33(31)34-18-8-9-19-35(34)39/h2,4-27H,1,3H2. The lowest BCUT2D eigenvalue weighted by atomic mass is 9.92. The summed E-state index contributed by atoms with van der Waals surface area (Å²) in [4.78, 5) is 15.3. The van der Waals surface area contributed by atoms with Crippen molar-refractivity contribution in [2.45, 2.75) is 12.8 Å². The van der Waals surface area contributed by atoms with Crippen LogP contribution in [-0.4, -0.2) is 15.0 Å². The Balaban J connectivity index is 1.21. The highest BCUT2D eigenvalue weighted by molar-refractivity contribution is 6.19. The molecule has 0 N–H and O–H groups in total. The van der Waals surface area contributed by atoms with Gasteiger partial charge in [0.25, 0.3) is 0 Å². The SMILES string of the molecule is C1=CC(c2nc(-c3ccc4ccccc4c3)nc(-c3cccc4oc5c(-c6cc7ccccc7c7ccccc67)cccc5c34)n2)=CCC1. The first-order valence-electron chi connectivity index (χ1n) is 16.8. The first-order valence-corrected chi connectivity index (χ1v) is 16.8. The van der Waals surface area contributed by atoms with Gasteiger partial charge in [-0.15, -0.1) is 0 Å². The Morgan fingerprint density at radius 1 is 0.469 bits per heavy atom. The summed E-state index contributed by atoms with van der Waals surface area (Å²) in [5, 5.41) is 9.25. The Labute approximate surface area is 282 Å². The zero-order valence-corrected chi connectivity index (χ0v) is 26.6. The summed E-state index contributed by atoms with van der Waals surface area (Å²) in [7, 11) is 0. The number of rotatable bonds is 4. The molecule has 10 rings (SSSR count). The summed E-state index contributed by atoms with van der Waals surface area (Å²) in [6.45, 7) is 0. The van der Waals surface area contributed by atoms with Crippen molar-refractivity contribution in [1.29, 1.82) is 0 Å². The van der Waals surface area contributed by atoms with Crippen LogP contribution in [0.25, 0.3) is 93.7 Å². The summed E-state index contributed by atoms with van der Waals surface area (Å²) in [5.41, 5.74) is 6.77. The molecule has 230 valence electrons. The molecule has 4 heteroatoms. The fourth-order valence-electron chi connectivity index (χ4n) is 7.39. The minimum absolute atomic E-state index is 0.628. The average Bonchev–Trinajstić information content (AvgIpc) is 3.57. The molecule has 0 saturated carbocycles. The number of hydrogen-bond acceptors (Lipinski definition) is 4. The van der Waals surface area contributed by atoms with Crippen LogP contribution in [-0.2, 0) is 0 Å². The number of para-hydroxylation sites is 1. The number of hydrogen-bond donors (Lipinski definition) is 0. The highest BCUT2D eigenvalue weighted by Crippen LogP contribution is 2.43. The summed E-state index contributed by atoms with van der Waals surface area (Å²) in [6, 6.07) is 46.9. The lowest BCUT2D eigenvalue weighted by Crippen LogP contribution is -2.03. The second-order valence-electron chi connectivity index (χ2n) is 12.7. The van der Waals surface area contributed by atoms with Crippen molar-refractivity contribution in [3.05, 3.63) is 158 Å². The third-order valence-corrected chi connectivity index (χ3v) is 9.72. The van der Waals surface area contributed by atoms with Gasteiger partial charge in [-0.3, -0.25) is 0 Å². The van der Waals surface area contributed by atoms with Crippen molar-refractivity contribution in [3.8, 4) is 33.9 Å². The number of fused-ring (bicyclic) bond motifs is 7. The lowest BCUT2D eigenvalue weighted by molar-refractivity contribution is 0.670. The van der Waals surface area contributed by atoms with Crippen LogP contribution in [0, 0.1) is 0 Å². The van der Waals surface area contributed by atoms with E-state index in [4.69, 9.17) is 19.4 Å². The Morgan fingerprint density at radius 3 is 2.06 bits per heavy atom. The fourth-order valence-corrected chi connectivity index (χ4v) is 7.39. The molecule has 0 aliphatic heterocycles. The highest BCUT2D eigenvalue weighted by Gasteiger charge is 2.21. The van der Waals surface area contributed by atoms with Gasteiger partial charge in [-0.1, -0.05) is 133 Å². The van der Waals surface area contributed by atoms with E-state index < -0.39 is 0 Å². The lowest BCUT2D eigenvalue weighted by Gasteiger charge is -2.12. The summed E-state index contributed by atoms with van der Waals surface area (Å²) < 4.78 is 6.78. The third kappa shape index (κ3) is 4.56. The molecule has 7 aromatic carbocycles. The van der Waals surface area contributed by atoms with Crippen molar-refractivity contribution >= 4 is 59.8 Å². The van der Waals surface area contributed by atoms with Gasteiger partial charge in [-0.2, -0.15) is 0 Å². The van der Waals surface area contributed by atoms with E-state index in [2.05, 4.69) is 140 Å². The van der Waals surface area contributed by atoms with Gasteiger partial charge < -0.3 is 4.42 Å². The predicted molar refractivity (Wildman–Crippen MR) is 202 cm³/mol. The maximum atomic E-state index is 6.78. The van der Waals surface area contributed by atoms with Gasteiger partial charge >= 0.3 is 0 Å². The quantitative estimate of drug-likeness (QED) is 0.182. The molecule has 0 fully saturated rings. The van der Waals surface area contributed by atoms with Crippen LogP contribution in [0.4, 0.5) is 0 Å². The van der Waals surface area contributed by atoms with E-state index in [-0.39, 0.29) is 0 Å². The number of nitrogens with zero attached hydrogens (tertiary/aromatic N) is 3. The molecule has 0 unspecified atom stereocenters. The number of furan rings is 1. The second kappa shape index (κ2) is 11.1. The molecule has 1 aliphatic rings. The van der Waals surface area contributed by atoms with E-state index in [0.29, 0.717) is 17.5 Å². The average molecular weight is 628 g/mol. The topological polar surface area (TPSA) is 51.8 Å². The van der Waals surface area contributed by atoms with Gasteiger partial charge in [0.2, 0.25) is 0 Å². The van der Waals surface area contributed by atoms with Crippen LogP contribution in [0.5, 0.6) is 0 Å². The van der Waals surface area contributed by atoms with Crippen molar-refractivity contribution in [2.75, 3.05) is 0 Å². The largest absolute Gasteiger partial charge is 0.455 e. The molecule has 9 aromatic rings. The molecular formula is C45H29N3O. The van der Waals surface area contributed by atoms with Gasteiger partial charge in [-0.25, -0.2) is 15.0 Å². The molecule has 2 heterocycles. The zero-order valence-electron chi connectivity index (χ0n) is 26.6. The van der Waals surface area contributed by atoms with Crippen LogP contribution in [0.2, 0.25) is 0 Å². The number of benzene rings is 7. The number of aromatic nitrogens is 3. The monoisotopic (exact) mass is 627 g/mol. The summed E-state index contributed by atoms with van der Waals surface area (Å²) in [5.74, 6) is 1.96. The first kappa shape index (κ1) is 27.7. The van der Waals surface area contributed by atoms with E-state index in [1.165, 1.54) is 26.9 Å². The van der Waals surface area contributed by atoms with Crippen LogP contribution in [0.1, 0.15) is 18.7 Å². The molecular weight excluding hydrogens is 599 g/mol. The van der Waals surface area contributed by atoms with Crippen LogP contribution >= 0.6 is 0 Å². The molecule has 0 spiro atoms. The molecule has 2 aromatic heterocycles. The minimum atomic E-state index is 0.628. The molecule has 0 bridgehead atoms. The Kier molecular flexibility index (Phi) is 6.28. The smallest absolute Gasteiger partial charge is 0.164 e. The molecule has 0 atom stereocenters. The van der Waals surface area contributed by atoms with Crippen molar-refractivity contribution in [1.82, 2.24) is 15.0 Å². The molecule has 49 heavy (non-hydrogen) atoms. The Hall–Kier alpha value is -6.39. The molecule has 4 nitrogen and oxygen atoms in total. The van der Waals surface area contributed by atoms with Crippen molar-refractivity contribution < 1.29 is 4.42 Å². The van der Waals surface area contributed by atoms with Gasteiger partial charge in [-0.05, 0) is 68.9 Å². The number of allylic oxidation sites excluding steroid dienone is 4. The van der Waals surface area contributed by atoms with Gasteiger partial charge in [0.05, 0.1) is 0 Å². The third-order valence-electron chi connectivity index (χ3n) is 9.72. The van der Waals surface area contributed by atoms with Crippen LogP contribution < -0.4 is 0 Å². The Bertz CT molecular complexity index is 2840. The Morgan fingerprint density at radius 2 is 1.18 bits per heavy atom. The summed E-state index contributed by atoms with van der Waals surface area (Å²) >= 11 is 0. The second-order valence-corrected chi connectivity index (χ2v) is 12.7. The predicted octanol–water partition coefficient (Wildman–Crippen LogP) is 12.0. The molecule has 0 amide bonds.